The molecule has 0 fully saturated rings. The molecular weight excluding hydrogens is 228 g/mol. The van der Waals surface area contributed by atoms with Gasteiger partial charge in [0.25, 0.3) is 0 Å². The maximum absolute atomic E-state index is 11.7. The fraction of sp³-hybridized carbons (Fsp3) is 0.667. The van der Waals surface area contributed by atoms with Crippen LogP contribution in [0.5, 0.6) is 0 Å². The van der Waals surface area contributed by atoms with Crippen LogP contribution in [0.1, 0.15) is 19.2 Å². The van der Waals surface area contributed by atoms with Crippen molar-refractivity contribution in [3.8, 4) is 0 Å². The molecule has 1 aromatic heterocycles. The summed E-state index contributed by atoms with van der Waals surface area (Å²) in [7, 11) is -3.29. The lowest BCUT2D eigenvalue weighted by molar-refractivity contribution is 0.560. The van der Waals surface area contributed by atoms with E-state index in [2.05, 4.69) is 14.7 Å². The van der Waals surface area contributed by atoms with Crippen LogP contribution in [-0.4, -0.2) is 36.7 Å². The predicted octanol–water partition coefficient (Wildman–Crippen LogP) is -0.391. The number of hydrogen-bond acceptors (Lipinski definition) is 4. The Morgan fingerprint density at radius 3 is 2.88 bits per heavy atom. The van der Waals surface area contributed by atoms with E-state index >= 15 is 0 Å². The minimum atomic E-state index is -3.29. The lowest BCUT2D eigenvalue weighted by atomic mass is 10.3. The monoisotopic (exact) mass is 246 g/mol. The Morgan fingerprint density at radius 1 is 1.62 bits per heavy atom. The summed E-state index contributed by atoms with van der Waals surface area (Å²) < 4.78 is 25.9. The first-order valence-corrected chi connectivity index (χ1v) is 6.81. The van der Waals surface area contributed by atoms with Crippen LogP contribution in [-0.2, 0) is 16.4 Å². The summed E-state index contributed by atoms with van der Waals surface area (Å²) in [6.45, 7) is 2.29. The van der Waals surface area contributed by atoms with E-state index in [0.29, 0.717) is 19.4 Å². The third-order valence-corrected chi connectivity index (χ3v) is 4.39. The summed E-state index contributed by atoms with van der Waals surface area (Å²) in [6, 6.07) is 0. The summed E-state index contributed by atoms with van der Waals surface area (Å²) in [5.41, 5.74) is 5.40. The smallest absolute Gasteiger partial charge is 0.215 e. The zero-order valence-electron chi connectivity index (χ0n) is 9.31. The number of nitrogens with one attached hydrogen (secondary N) is 2. The van der Waals surface area contributed by atoms with Gasteiger partial charge in [-0.25, -0.2) is 18.1 Å². The largest absolute Gasteiger partial charge is 0.349 e. The molecule has 0 saturated heterocycles. The van der Waals surface area contributed by atoms with Crippen molar-refractivity contribution in [3.05, 3.63) is 18.2 Å². The number of H-pyrrole nitrogens is 1. The fourth-order valence-corrected chi connectivity index (χ4v) is 2.69. The van der Waals surface area contributed by atoms with E-state index in [0.717, 1.165) is 5.82 Å². The molecule has 1 unspecified atom stereocenters. The molecule has 0 aromatic carbocycles. The molecule has 1 atom stereocenters. The Labute approximate surface area is 95.7 Å². The van der Waals surface area contributed by atoms with Crippen LogP contribution >= 0.6 is 0 Å². The highest BCUT2D eigenvalue weighted by molar-refractivity contribution is 7.90. The Kier molecular flexibility index (Phi) is 4.91. The Morgan fingerprint density at radius 2 is 2.38 bits per heavy atom. The predicted molar refractivity (Wildman–Crippen MR) is 62.3 cm³/mol. The highest BCUT2D eigenvalue weighted by Gasteiger charge is 2.21. The number of hydrogen-bond donors (Lipinski definition) is 3. The van der Waals surface area contributed by atoms with Crippen molar-refractivity contribution in [1.29, 1.82) is 0 Å². The SMILES string of the molecule is CCC(CN)S(=O)(=O)NCCc1ncc[nH]1. The summed E-state index contributed by atoms with van der Waals surface area (Å²) in [4.78, 5) is 6.92. The van der Waals surface area contributed by atoms with Gasteiger partial charge in [-0.05, 0) is 6.42 Å². The maximum atomic E-state index is 11.7. The van der Waals surface area contributed by atoms with Crippen LogP contribution in [0, 0.1) is 0 Å². The summed E-state index contributed by atoms with van der Waals surface area (Å²) in [5.74, 6) is 0.767. The van der Waals surface area contributed by atoms with Crippen LogP contribution in [0.25, 0.3) is 0 Å². The van der Waals surface area contributed by atoms with E-state index in [-0.39, 0.29) is 6.54 Å². The fourth-order valence-electron chi connectivity index (χ4n) is 1.38. The second-order valence-corrected chi connectivity index (χ2v) is 5.54. The van der Waals surface area contributed by atoms with Crippen LogP contribution in [0.4, 0.5) is 0 Å². The molecule has 16 heavy (non-hydrogen) atoms. The molecule has 0 aliphatic rings. The van der Waals surface area contributed by atoms with Gasteiger partial charge in [-0.2, -0.15) is 0 Å². The number of nitrogens with zero attached hydrogens (tertiary/aromatic N) is 1. The molecule has 0 bridgehead atoms. The summed E-state index contributed by atoms with van der Waals surface area (Å²) >= 11 is 0. The molecule has 0 radical (unpaired) electrons. The molecular formula is C9H18N4O2S. The van der Waals surface area contributed by atoms with Gasteiger partial charge < -0.3 is 10.7 Å². The van der Waals surface area contributed by atoms with Gasteiger partial charge in [-0.15, -0.1) is 0 Å². The first-order chi connectivity index (χ1) is 7.60. The van der Waals surface area contributed by atoms with Crippen molar-refractivity contribution in [2.24, 2.45) is 5.73 Å². The standard InChI is InChI=1S/C9H18N4O2S/c1-2-8(7-10)16(14,15)13-4-3-9-11-5-6-12-9/h5-6,8,13H,2-4,7,10H2,1H3,(H,11,12). The van der Waals surface area contributed by atoms with Crippen LogP contribution in [0.15, 0.2) is 12.4 Å². The van der Waals surface area contributed by atoms with E-state index in [1.807, 2.05) is 6.92 Å². The van der Waals surface area contributed by atoms with E-state index < -0.39 is 15.3 Å². The normalized spacial score (nSPS) is 13.9. The van der Waals surface area contributed by atoms with Crippen molar-refractivity contribution in [1.82, 2.24) is 14.7 Å². The zero-order chi connectivity index (χ0) is 12.0. The minimum Gasteiger partial charge on any atom is -0.349 e. The second-order valence-electron chi connectivity index (χ2n) is 3.49. The van der Waals surface area contributed by atoms with Crippen molar-refractivity contribution in [3.63, 3.8) is 0 Å². The van der Waals surface area contributed by atoms with Gasteiger partial charge in [-0.1, -0.05) is 6.92 Å². The second kappa shape index (κ2) is 5.97. The zero-order valence-corrected chi connectivity index (χ0v) is 10.1. The van der Waals surface area contributed by atoms with E-state index in [1.165, 1.54) is 0 Å². The lowest BCUT2D eigenvalue weighted by Gasteiger charge is -2.13. The van der Waals surface area contributed by atoms with Crippen molar-refractivity contribution in [2.45, 2.75) is 25.0 Å². The molecule has 1 heterocycles. The first-order valence-electron chi connectivity index (χ1n) is 5.27. The number of aromatic nitrogens is 2. The number of rotatable bonds is 7. The molecule has 6 nitrogen and oxygen atoms in total. The Balaban J connectivity index is 2.42. The molecule has 0 aliphatic heterocycles. The average Bonchev–Trinajstić information content (AvgIpc) is 2.71. The highest BCUT2D eigenvalue weighted by Crippen LogP contribution is 2.02. The van der Waals surface area contributed by atoms with Crippen LogP contribution < -0.4 is 10.5 Å². The van der Waals surface area contributed by atoms with Crippen molar-refractivity contribution in [2.75, 3.05) is 13.1 Å². The molecule has 0 spiro atoms. The van der Waals surface area contributed by atoms with Gasteiger partial charge in [0.1, 0.15) is 5.82 Å². The molecule has 1 aromatic rings. The molecule has 7 heteroatoms. The van der Waals surface area contributed by atoms with Crippen molar-refractivity contribution < 1.29 is 8.42 Å². The number of imidazole rings is 1. The van der Waals surface area contributed by atoms with E-state index in [1.54, 1.807) is 12.4 Å². The van der Waals surface area contributed by atoms with Crippen molar-refractivity contribution >= 4 is 10.0 Å². The molecule has 0 aliphatic carbocycles. The number of sulfonamides is 1. The van der Waals surface area contributed by atoms with Crippen LogP contribution in [0.2, 0.25) is 0 Å². The summed E-state index contributed by atoms with van der Waals surface area (Å²) in [6.07, 6.45) is 4.41. The molecule has 0 saturated carbocycles. The highest BCUT2D eigenvalue weighted by atomic mass is 32.2. The van der Waals surface area contributed by atoms with E-state index in [9.17, 15) is 8.42 Å². The maximum Gasteiger partial charge on any atom is 0.215 e. The number of aromatic amines is 1. The van der Waals surface area contributed by atoms with Gasteiger partial charge in [0.2, 0.25) is 10.0 Å². The Bertz CT molecular complexity index is 384. The number of nitrogens with two attached hydrogens (primary N) is 1. The van der Waals surface area contributed by atoms with Gasteiger partial charge in [0, 0.05) is 31.9 Å². The Hall–Kier alpha value is -0.920. The third-order valence-electron chi connectivity index (χ3n) is 2.38. The van der Waals surface area contributed by atoms with Gasteiger partial charge in [-0.3, -0.25) is 0 Å². The molecule has 92 valence electrons. The first kappa shape index (κ1) is 13.1. The lowest BCUT2D eigenvalue weighted by Crippen LogP contribution is -2.39. The molecule has 4 N–H and O–H groups in total. The van der Waals surface area contributed by atoms with E-state index in [4.69, 9.17) is 5.73 Å². The molecule has 1 rings (SSSR count). The minimum absolute atomic E-state index is 0.145. The molecule has 0 amide bonds. The average molecular weight is 246 g/mol. The van der Waals surface area contributed by atoms with Crippen LogP contribution in [0.3, 0.4) is 0 Å². The van der Waals surface area contributed by atoms with Gasteiger partial charge in [0.05, 0.1) is 5.25 Å². The van der Waals surface area contributed by atoms with Gasteiger partial charge >= 0.3 is 0 Å². The topological polar surface area (TPSA) is 101 Å². The quantitative estimate of drug-likeness (QED) is 0.610. The summed E-state index contributed by atoms with van der Waals surface area (Å²) in [5, 5.41) is -0.510. The van der Waals surface area contributed by atoms with Gasteiger partial charge in [0.15, 0.2) is 0 Å². The third kappa shape index (κ3) is 3.58.